The molecule has 0 bridgehead atoms. The Labute approximate surface area is 210 Å². The smallest absolute Gasteiger partial charge is 0.255 e. The van der Waals surface area contributed by atoms with Gasteiger partial charge >= 0.3 is 0 Å². The number of hydrogen-bond donors (Lipinski definition) is 3. The summed E-state index contributed by atoms with van der Waals surface area (Å²) in [6.07, 6.45) is 2.88. The Kier molecular flexibility index (Phi) is 6.21. The van der Waals surface area contributed by atoms with Gasteiger partial charge in [-0.05, 0) is 70.5 Å². The second-order valence-electron chi connectivity index (χ2n) is 9.53. The molecule has 4 aromatic carbocycles. The van der Waals surface area contributed by atoms with E-state index in [2.05, 4.69) is 43.4 Å². The Morgan fingerprint density at radius 1 is 0.861 bits per heavy atom. The molecular formula is C31H28N4O. The van der Waals surface area contributed by atoms with E-state index >= 15 is 0 Å². The highest BCUT2D eigenvalue weighted by Crippen LogP contribution is 2.28. The average molecular weight is 473 g/mol. The van der Waals surface area contributed by atoms with Crippen LogP contribution in [-0.4, -0.2) is 16.7 Å². The van der Waals surface area contributed by atoms with E-state index in [1.54, 1.807) is 12.1 Å². The van der Waals surface area contributed by atoms with Gasteiger partial charge < -0.3 is 11.1 Å². The van der Waals surface area contributed by atoms with Gasteiger partial charge in [0.05, 0.1) is 5.69 Å². The van der Waals surface area contributed by atoms with Crippen LogP contribution in [0.4, 0.5) is 5.69 Å². The van der Waals surface area contributed by atoms with Crippen molar-refractivity contribution in [2.45, 2.75) is 20.3 Å². The molecule has 0 aliphatic rings. The largest absolute Gasteiger partial charge is 0.384 e. The highest BCUT2D eigenvalue weighted by atomic mass is 16.1. The number of nitrogen functional groups attached to an aromatic ring is 1. The number of rotatable bonds is 6. The summed E-state index contributed by atoms with van der Waals surface area (Å²) < 4.78 is 0. The maximum atomic E-state index is 13.0. The number of aromatic nitrogens is 1. The lowest BCUT2D eigenvalue weighted by atomic mass is 9.95. The SMILES string of the molecule is CC(C)Cc1ccccc1-c1cc2cc(NC(=O)c3ccc4cc(C(=N)N)ccc4c3)ccc2cn1. The molecule has 0 saturated carbocycles. The number of benzene rings is 4. The predicted octanol–water partition coefficient (Wildman–Crippen LogP) is 6.79. The van der Waals surface area contributed by atoms with Gasteiger partial charge in [-0.15, -0.1) is 0 Å². The van der Waals surface area contributed by atoms with Crippen LogP contribution in [0.2, 0.25) is 0 Å². The zero-order valence-electron chi connectivity index (χ0n) is 20.4. The monoisotopic (exact) mass is 472 g/mol. The molecule has 5 aromatic rings. The van der Waals surface area contributed by atoms with Gasteiger partial charge in [0, 0.05) is 34.0 Å². The third-order valence-corrected chi connectivity index (χ3v) is 6.31. The topological polar surface area (TPSA) is 91.9 Å². The van der Waals surface area contributed by atoms with Crippen molar-refractivity contribution in [1.82, 2.24) is 4.98 Å². The Balaban J connectivity index is 1.42. The van der Waals surface area contributed by atoms with Crippen LogP contribution < -0.4 is 11.1 Å². The number of carbonyl (C=O) groups is 1. The molecule has 5 heteroatoms. The summed E-state index contributed by atoms with van der Waals surface area (Å²) in [5, 5.41) is 14.5. The molecule has 4 N–H and O–H groups in total. The van der Waals surface area contributed by atoms with Crippen molar-refractivity contribution >= 4 is 39.0 Å². The molecule has 0 saturated heterocycles. The second kappa shape index (κ2) is 9.62. The first kappa shape index (κ1) is 23.2. The summed E-state index contributed by atoms with van der Waals surface area (Å²) in [6, 6.07) is 27.4. The first-order valence-corrected chi connectivity index (χ1v) is 12.0. The van der Waals surface area contributed by atoms with Crippen LogP contribution in [-0.2, 0) is 6.42 Å². The first-order chi connectivity index (χ1) is 17.4. The molecule has 0 unspecified atom stereocenters. The van der Waals surface area contributed by atoms with Gasteiger partial charge in [-0.2, -0.15) is 0 Å². The van der Waals surface area contributed by atoms with Crippen molar-refractivity contribution in [2.75, 3.05) is 5.32 Å². The molecule has 5 nitrogen and oxygen atoms in total. The number of nitrogens with two attached hydrogens (primary N) is 1. The maximum Gasteiger partial charge on any atom is 0.255 e. The average Bonchev–Trinajstić information content (AvgIpc) is 2.87. The van der Waals surface area contributed by atoms with E-state index < -0.39 is 0 Å². The summed E-state index contributed by atoms with van der Waals surface area (Å²) in [6.45, 7) is 4.44. The molecule has 1 amide bonds. The minimum atomic E-state index is -0.177. The van der Waals surface area contributed by atoms with Gasteiger partial charge in [0.2, 0.25) is 0 Å². The molecule has 36 heavy (non-hydrogen) atoms. The number of nitrogens with one attached hydrogen (secondary N) is 2. The first-order valence-electron chi connectivity index (χ1n) is 12.0. The van der Waals surface area contributed by atoms with E-state index in [9.17, 15) is 4.79 Å². The highest BCUT2D eigenvalue weighted by molar-refractivity contribution is 6.08. The molecule has 0 fully saturated rings. The Hall–Kier alpha value is -4.51. The van der Waals surface area contributed by atoms with Crippen molar-refractivity contribution in [3.05, 3.63) is 108 Å². The molecule has 1 heterocycles. The summed E-state index contributed by atoms with van der Waals surface area (Å²) in [7, 11) is 0. The zero-order chi connectivity index (χ0) is 25.2. The summed E-state index contributed by atoms with van der Waals surface area (Å²) in [5.74, 6) is 0.403. The van der Waals surface area contributed by atoms with Crippen LogP contribution in [0.5, 0.6) is 0 Å². The van der Waals surface area contributed by atoms with Crippen molar-refractivity contribution in [3.63, 3.8) is 0 Å². The number of fused-ring (bicyclic) bond motifs is 2. The predicted molar refractivity (Wildman–Crippen MR) is 149 cm³/mol. The lowest BCUT2D eigenvalue weighted by Gasteiger charge is -2.12. The molecular weight excluding hydrogens is 444 g/mol. The molecule has 0 atom stereocenters. The van der Waals surface area contributed by atoms with E-state index in [4.69, 9.17) is 16.1 Å². The zero-order valence-corrected chi connectivity index (χ0v) is 20.4. The number of amidine groups is 1. The Morgan fingerprint density at radius 2 is 1.56 bits per heavy atom. The van der Waals surface area contributed by atoms with Crippen LogP contribution in [0.15, 0.2) is 91.1 Å². The fourth-order valence-corrected chi connectivity index (χ4v) is 4.51. The number of carbonyl (C=O) groups excluding carboxylic acids is 1. The summed E-state index contributed by atoms with van der Waals surface area (Å²) >= 11 is 0. The highest BCUT2D eigenvalue weighted by Gasteiger charge is 2.11. The normalized spacial score (nSPS) is 11.2. The summed E-state index contributed by atoms with van der Waals surface area (Å²) in [5.41, 5.74) is 10.9. The molecule has 0 radical (unpaired) electrons. The van der Waals surface area contributed by atoms with Crippen molar-refractivity contribution in [1.29, 1.82) is 5.41 Å². The number of amides is 1. The van der Waals surface area contributed by atoms with E-state index in [1.807, 2.05) is 54.7 Å². The number of pyridine rings is 1. The quantitative estimate of drug-likeness (QED) is 0.188. The van der Waals surface area contributed by atoms with Crippen molar-refractivity contribution in [2.24, 2.45) is 11.7 Å². The van der Waals surface area contributed by atoms with E-state index in [0.29, 0.717) is 17.0 Å². The van der Waals surface area contributed by atoms with Gasteiger partial charge in [0.15, 0.2) is 0 Å². The third-order valence-electron chi connectivity index (χ3n) is 6.31. The van der Waals surface area contributed by atoms with Gasteiger partial charge in [-0.25, -0.2) is 0 Å². The van der Waals surface area contributed by atoms with E-state index in [0.717, 1.165) is 44.9 Å². The van der Waals surface area contributed by atoms with Crippen molar-refractivity contribution in [3.8, 4) is 11.3 Å². The number of anilines is 1. The van der Waals surface area contributed by atoms with E-state index in [-0.39, 0.29) is 11.7 Å². The van der Waals surface area contributed by atoms with Crippen molar-refractivity contribution < 1.29 is 4.79 Å². The molecule has 0 aliphatic carbocycles. The van der Waals surface area contributed by atoms with Gasteiger partial charge in [0.25, 0.3) is 5.91 Å². The molecule has 5 rings (SSSR count). The fraction of sp³-hybridized carbons (Fsp3) is 0.129. The Bertz CT molecular complexity index is 1620. The lowest BCUT2D eigenvalue weighted by molar-refractivity contribution is 0.102. The molecule has 178 valence electrons. The second-order valence-corrected chi connectivity index (χ2v) is 9.53. The fourth-order valence-electron chi connectivity index (χ4n) is 4.51. The molecule has 1 aromatic heterocycles. The summed E-state index contributed by atoms with van der Waals surface area (Å²) in [4.78, 5) is 17.7. The minimum absolute atomic E-state index is 0.0248. The number of hydrogen-bond acceptors (Lipinski definition) is 3. The molecule has 0 spiro atoms. The Morgan fingerprint density at radius 3 is 2.31 bits per heavy atom. The van der Waals surface area contributed by atoms with Crippen LogP contribution >= 0.6 is 0 Å². The lowest BCUT2D eigenvalue weighted by Crippen LogP contribution is -2.12. The van der Waals surface area contributed by atoms with Crippen LogP contribution in [0, 0.1) is 11.3 Å². The van der Waals surface area contributed by atoms with E-state index in [1.165, 1.54) is 5.56 Å². The van der Waals surface area contributed by atoms with Crippen LogP contribution in [0.3, 0.4) is 0 Å². The molecule has 0 aliphatic heterocycles. The van der Waals surface area contributed by atoms with Gasteiger partial charge in [-0.3, -0.25) is 15.2 Å². The number of nitrogens with zero attached hydrogens (tertiary/aromatic N) is 1. The third kappa shape index (κ3) is 4.82. The maximum absolute atomic E-state index is 13.0. The van der Waals surface area contributed by atoms with Crippen LogP contribution in [0.1, 0.15) is 35.3 Å². The minimum Gasteiger partial charge on any atom is -0.384 e. The van der Waals surface area contributed by atoms with Gasteiger partial charge in [-0.1, -0.05) is 62.4 Å². The van der Waals surface area contributed by atoms with Gasteiger partial charge in [0.1, 0.15) is 5.84 Å². The standard InChI is InChI=1S/C31H28N4O/c1-19(2)13-22-5-3-4-6-28(22)29-17-26-16-27(12-11-25(26)18-34-29)35-31(36)24-10-8-20-14-23(30(32)33)9-7-21(20)15-24/h3-12,14-19H,13H2,1-2H3,(H3,32,33)(H,35,36). The van der Waals surface area contributed by atoms with Crippen LogP contribution in [0.25, 0.3) is 32.8 Å².